The Balaban J connectivity index is 1.91. The Hall–Kier alpha value is -1.84. The van der Waals surface area contributed by atoms with Crippen LogP contribution in [-0.2, 0) is 4.79 Å². The lowest BCUT2D eigenvalue weighted by atomic mass is 10.1. The summed E-state index contributed by atoms with van der Waals surface area (Å²) in [5.41, 5.74) is 0.281. The lowest BCUT2D eigenvalue weighted by Gasteiger charge is -2.06. The van der Waals surface area contributed by atoms with Crippen LogP contribution in [0.4, 0.5) is 0 Å². The zero-order valence-corrected chi connectivity index (χ0v) is 13.8. The van der Waals surface area contributed by atoms with Crippen LogP contribution in [0.1, 0.15) is 74.6 Å². The minimum atomic E-state index is -0.916. The molecular formula is C19H28O4. The molecule has 1 aromatic carbocycles. The van der Waals surface area contributed by atoms with E-state index in [-0.39, 0.29) is 5.56 Å². The maximum atomic E-state index is 10.7. The van der Waals surface area contributed by atoms with Crippen molar-refractivity contribution in [2.75, 3.05) is 6.61 Å². The minimum absolute atomic E-state index is 0.281. The minimum Gasteiger partial charge on any atom is -0.494 e. The quantitative estimate of drug-likeness (QED) is 0.392. The number of hydrogen-bond donors (Lipinski definition) is 1. The van der Waals surface area contributed by atoms with E-state index in [0.717, 1.165) is 24.9 Å². The van der Waals surface area contributed by atoms with Crippen LogP contribution in [0.15, 0.2) is 24.3 Å². The first kappa shape index (κ1) is 19.2. The molecule has 23 heavy (non-hydrogen) atoms. The molecule has 4 nitrogen and oxygen atoms in total. The van der Waals surface area contributed by atoms with Gasteiger partial charge in [0.15, 0.2) is 0 Å². The van der Waals surface area contributed by atoms with Gasteiger partial charge in [-0.3, -0.25) is 0 Å². The van der Waals surface area contributed by atoms with Gasteiger partial charge in [-0.1, -0.05) is 44.9 Å². The fraction of sp³-hybridized carbons (Fsp3) is 0.579. The number of carboxylic acids is 1. The normalized spacial score (nSPS) is 10.4. The predicted molar refractivity (Wildman–Crippen MR) is 91.1 cm³/mol. The number of rotatable bonds is 14. The fourth-order valence-corrected chi connectivity index (χ4v) is 2.45. The fourth-order valence-electron chi connectivity index (χ4n) is 2.45. The van der Waals surface area contributed by atoms with Crippen LogP contribution in [0, 0.1) is 0 Å². The van der Waals surface area contributed by atoms with E-state index in [1.165, 1.54) is 44.9 Å². The molecule has 0 radical (unpaired) electrons. The number of benzene rings is 1. The van der Waals surface area contributed by atoms with E-state index in [4.69, 9.17) is 9.84 Å². The van der Waals surface area contributed by atoms with Crippen LogP contribution in [0.2, 0.25) is 0 Å². The summed E-state index contributed by atoms with van der Waals surface area (Å²) in [6, 6.07) is 6.53. The third-order valence-corrected chi connectivity index (χ3v) is 3.84. The van der Waals surface area contributed by atoms with Gasteiger partial charge in [-0.2, -0.15) is 0 Å². The van der Waals surface area contributed by atoms with Gasteiger partial charge in [0.05, 0.1) is 12.2 Å². The highest BCUT2D eigenvalue weighted by atomic mass is 16.5. The van der Waals surface area contributed by atoms with Crippen molar-refractivity contribution < 1.29 is 19.4 Å². The van der Waals surface area contributed by atoms with Gasteiger partial charge in [0.1, 0.15) is 12.0 Å². The van der Waals surface area contributed by atoms with Gasteiger partial charge >= 0.3 is 5.97 Å². The molecule has 1 N–H and O–H groups in total. The average molecular weight is 320 g/mol. The van der Waals surface area contributed by atoms with Crippen LogP contribution in [0.25, 0.3) is 0 Å². The van der Waals surface area contributed by atoms with E-state index in [0.29, 0.717) is 13.0 Å². The van der Waals surface area contributed by atoms with Gasteiger partial charge in [-0.15, -0.1) is 0 Å². The van der Waals surface area contributed by atoms with Gasteiger partial charge < -0.3 is 14.6 Å². The summed E-state index contributed by atoms with van der Waals surface area (Å²) >= 11 is 0. The molecular weight excluding hydrogens is 292 g/mol. The lowest BCUT2D eigenvalue weighted by molar-refractivity contribution is -0.107. The maximum Gasteiger partial charge on any atom is 0.335 e. The van der Waals surface area contributed by atoms with E-state index in [2.05, 4.69) is 0 Å². The van der Waals surface area contributed by atoms with Crippen LogP contribution in [0.5, 0.6) is 5.75 Å². The van der Waals surface area contributed by atoms with Crippen molar-refractivity contribution >= 4 is 12.3 Å². The molecule has 0 saturated carbocycles. The Bertz CT molecular complexity index is 439. The Morgan fingerprint density at radius 1 is 0.870 bits per heavy atom. The molecule has 0 amide bonds. The summed E-state index contributed by atoms with van der Waals surface area (Å²) in [6.45, 7) is 0.679. The molecule has 0 heterocycles. The van der Waals surface area contributed by atoms with Crippen molar-refractivity contribution in [2.45, 2.75) is 64.2 Å². The van der Waals surface area contributed by atoms with Gasteiger partial charge in [0.25, 0.3) is 0 Å². The number of aldehydes is 1. The molecule has 0 unspecified atom stereocenters. The second-order valence-electron chi connectivity index (χ2n) is 5.82. The average Bonchev–Trinajstić information content (AvgIpc) is 2.56. The van der Waals surface area contributed by atoms with Crippen LogP contribution >= 0.6 is 0 Å². The summed E-state index contributed by atoms with van der Waals surface area (Å²) < 4.78 is 5.60. The second-order valence-corrected chi connectivity index (χ2v) is 5.82. The summed E-state index contributed by atoms with van der Waals surface area (Å²) in [5.74, 6) is -0.189. The van der Waals surface area contributed by atoms with E-state index >= 15 is 0 Å². The van der Waals surface area contributed by atoms with Gasteiger partial charge in [0, 0.05) is 6.42 Å². The molecule has 0 aliphatic heterocycles. The van der Waals surface area contributed by atoms with E-state index in [9.17, 15) is 9.59 Å². The predicted octanol–water partition coefficient (Wildman–Crippen LogP) is 4.86. The number of carbonyl (C=O) groups is 2. The molecule has 0 aromatic heterocycles. The molecule has 0 aliphatic rings. The lowest BCUT2D eigenvalue weighted by Crippen LogP contribution is -1.99. The first-order valence-corrected chi connectivity index (χ1v) is 8.64. The van der Waals surface area contributed by atoms with Crippen LogP contribution in [-0.4, -0.2) is 24.0 Å². The largest absolute Gasteiger partial charge is 0.494 e. The van der Waals surface area contributed by atoms with E-state index in [1.54, 1.807) is 24.3 Å². The van der Waals surface area contributed by atoms with Crippen LogP contribution < -0.4 is 4.74 Å². The molecule has 1 rings (SSSR count). The summed E-state index contributed by atoms with van der Waals surface area (Å²) in [6.07, 6.45) is 12.4. The molecule has 1 aromatic rings. The molecule has 0 spiro atoms. The SMILES string of the molecule is O=CCCCCCCCCCCCOc1ccc(C(=O)O)cc1. The third-order valence-electron chi connectivity index (χ3n) is 3.84. The molecule has 0 bridgehead atoms. The number of unbranched alkanes of at least 4 members (excludes halogenated alkanes) is 9. The highest BCUT2D eigenvalue weighted by molar-refractivity contribution is 5.87. The van der Waals surface area contributed by atoms with Crippen LogP contribution in [0.3, 0.4) is 0 Å². The summed E-state index contributed by atoms with van der Waals surface area (Å²) in [5, 5.41) is 8.81. The number of ether oxygens (including phenoxy) is 1. The Labute approximate surface area is 138 Å². The molecule has 128 valence electrons. The maximum absolute atomic E-state index is 10.7. The molecule has 0 saturated heterocycles. The highest BCUT2D eigenvalue weighted by Crippen LogP contribution is 2.14. The summed E-state index contributed by atoms with van der Waals surface area (Å²) in [7, 11) is 0. The third kappa shape index (κ3) is 9.72. The Kier molecular flexibility index (Phi) is 10.6. The van der Waals surface area contributed by atoms with Crippen molar-refractivity contribution in [3.63, 3.8) is 0 Å². The second kappa shape index (κ2) is 12.7. The summed E-state index contributed by atoms with van der Waals surface area (Å²) in [4.78, 5) is 20.9. The van der Waals surface area contributed by atoms with E-state index in [1.807, 2.05) is 0 Å². The number of carbonyl (C=O) groups excluding carboxylic acids is 1. The smallest absolute Gasteiger partial charge is 0.335 e. The van der Waals surface area contributed by atoms with Crippen molar-refractivity contribution in [3.05, 3.63) is 29.8 Å². The number of hydrogen-bond acceptors (Lipinski definition) is 3. The monoisotopic (exact) mass is 320 g/mol. The van der Waals surface area contributed by atoms with E-state index < -0.39 is 5.97 Å². The Morgan fingerprint density at radius 3 is 1.91 bits per heavy atom. The zero-order valence-electron chi connectivity index (χ0n) is 13.8. The van der Waals surface area contributed by atoms with Crippen molar-refractivity contribution in [1.29, 1.82) is 0 Å². The number of carboxylic acid groups (broad SMARTS) is 1. The molecule has 0 aliphatic carbocycles. The zero-order chi connectivity index (χ0) is 16.8. The van der Waals surface area contributed by atoms with Gasteiger partial charge in [0.2, 0.25) is 0 Å². The van der Waals surface area contributed by atoms with Gasteiger partial charge in [-0.05, 0) is 37.1 Å². The molecule has 0 fully saturated rings. The molecule has 4 heteroatoms. The first-order valence-electron chi connectivity index (χ1n) is 8.64. The van der Waals surface area contributed by atoms with Crippen molar-refractivity contribution in [2.24, 2.45) is 0 Å². The first-order chi connectivity index (χ1) is 11.2. The molecule has 0 atom stereocenters. The topological polar surface area (TPSA) is 63.6 Å². The van der Waals surface area contributed by atoms with Crippen molar-refractivity contribution in [3.8, 4) is 5.75 Å². The number of aromatic carboxylic acids is 1. The van der Waals surface area contributed by atoms with Crippen molar-refractivity contribution in [1.82, 2.24) is 0 Å². The van der Waals surface area contributed by atoms with Gasteiger partial charge in [-0.25, -0.2) is 4.79 Å². The highest BCUT2D eigenvalue weighted by Gasteiger charge is 2.01. The standard InChI is InChI=1S/C19H28O4/c20-15-9-7-5-3-1-2-4-6-8-10-16-23-18-13-11-17(12-14-18)19(21)22/h11-15H,1-10,16H2,(H,21,22). The Morgan fingerprint density at radius 2 is 1.39 bits per heavy atom.